The van der Waals surface area contributed by atoms with Gasteiger partial charge in [0.25, 0.3) is 11.8 Å². The van der Waals surface area contributed by atoms with Crippen LogP contribution in [0.3, 0.4) is 0 Å². The van der Waals surface area contributed by atoms with Gasteiger partial charge in [-0.25, -0.2) is 13.8 Å². The number of benzene rings is 2. The number of nitrogens with one attached hydrogen (secondary N) is 1. The van der Waals surface area contributed by atoms with Crippen LogP contribution in [0.25, 0.3) is 0 Å². The smallest absolute Gasteiger partial charge is 0.387 e. The average Bonchev–Trinajstić information content (AvgIpc) is 3.32. The number of nitrogens with zero attached hydrogens (tertiary/aromatic N) is 3. The monoisotopic (exact) mass is 600 g/mol. The molecule has 0 spiro atoms. The molecule has 12 heteroatoms. The van der Waals surface area contributed by atoms with Gasteiger partial charge in [0, 0.05) is 54.4 Å². The molecule has 43 heavy (non-hydrogen) atoms. The maximum atomic E-state index is 15.4. The zero-order valence-corrected chi connectivity index (χ0v) is 24.0. The molecule has 3 aromatic rings. The van der Waals surface area contributed by atoms with Gasteiger partial charge in [0.2, 0.25) is 0 Å². The molecule has 2 aliphatic rings. The molecule has 8 nitrogen and oxygen atoms in total. The van der Waals surface area contributed by atoms with Crippen molar-refractivity contribution < 1.29 is 36.6 Å². The van der Waals surface area contributed by atoms with Gasteiger partial charge >= 0.3 is 6.61 Å². The number of methoxy groups -OCH3 is 1. The van der Waals surface area contributed by atoms with Gasteiger partial charge in [-0.1, -0.05) is 0 Å². The number of aromatic nitrogens is 1. The minimum atomic E-state index is -3.04. The molecule has 2 atom stereocenters. The minimum Gasteiger partial charge on any atom is -0.497 e. The van der Waals surface area contributed by atoms with E-state index in [1.54, 1.807) is 6.07 Å². The van der Waals surface area contributed by atoms with Crippen LogP contribution in [0.15, 0.2) is 48.5 Å². The summed E-state index contributed by atoms with van der Waals surface area (Å²) in [6, 6.07) is 9.46. The Morgan fingerprint density at radius 2 is 1.70 bits per heavy atom. The van der Waals surface area contributed by atoms with Crippen molar-refractivity contribution in [2.75, 3.05) is 38.7 Å². The number of halogens is 4. The van der Waals surface area contributed by atoms with Crippen LogP contribution in [-0.2, 0) is 4.79 Å². The number of anilines is 1. The molecular formula is C31H32F4N4O4. The van der Waals surface area contributed by atoms with Crippen molar-refractivity contribution in [2.24, 2.45) is 0 Å². The summed E-state index contributed by atoms with van der Waals surface area (Å²) in [5, 5.41) is 3.32. The molecular weight excluding hydrogens is 568 g/mol. The van der Waals surface area contributed by atoms with E-state index < -0.39 is 42.0 Å². The van der Waals surface area contributed by atoms with Gasteiger partial charge in [-0.05, 0) is 74.8 Å². The van der Waals surface area contributed by atoms with Crippen molar-refractivity contribution in [3.63, 3.8) is 0 Å². The van der Waals surface area contributed by atoms with Crippen LogP contribution < -0.4 is 19.7 Å². The van der Waals surface area contributed by atoms with E-state index >= 15 is 8.78 Å². The van der Waals surface area contributed by atoms with Crippen LogP contribution in [0.2, 0.25) is 0 Å². The Morgan fingerprint density at radius 3 is 2.30 bits per heavy atom. The quantitative estimate of drug-likeness (QED) is 0.366. The number of hydrogen-bond donors (Lipinski definition) is 1. The highest BCUT2D eigenvalue weighted by atomic mass is 19.3. The Morgan fingerprint density at radius 1 is 1.05 bits per heavy atom. The van der Waals surface area contributed by atoms with Crippen molar-refractivity contribution in [1.29, 1.82) is 0 Å². The zero-order valence-electron chi connectivity index (χ0n) is 24.0. The number of pyridine rings is 1. The van der Waals surface area contributed by atoms with E-state index in [1.165, 1.54) is 43.3 Å². The van der Waals surface area contributed by atoms with E-state index in [1.807, 2.05) is 13.0 Å². The Labute approximate surface area is 246 Å². The van der Waals surface area contributed by atoms with Crippen LogP contribution in [-0.4, -0.2) is 68.1 Å². The maximum absolute atomic E-state index is 15.4. The van der Waals surface area contributed by atoms with Crippen molar-refractivity contribution in [3.05, 3.63) is 82.5 Å². The minimum absolute atomic E-state index is 0.0287. The summed E-state index contributed by atoms with van der Waals surface area (Å²) in [5.74, 6) is -3.76. The number of carbonyl (C=O) groups excluding carboxylic acids is 2. The summed E-state index contributed by atoms with van der Waals surface area (Å²) in [6.07, 6.45) is 1.77. The standard InChI is InChI=1S/C31H32F4N4O4/c1-17-12-25(18-8-10-36-11-9-18)37-26(13-17)39-16-22(27-23(32)14-21(42-3)15-24(27)33)28(30(39)41)38(2)29(40)19-4-6-20(7-5-19)43-31(34)35/h4-7,12-15,18,22,28,31,36H,8-11,16H2,1-3H3/t22-,28-/m0/s1. The van der Waals surface area contributed by atoms with E-state index in [4.69, 9.17) is 9.72 Å². The Bertz CT molecular complexity index is 1470. The lowest BCUT2D eigenvalue weighted by molar-refractivity contribution is -0.120. The summed E-state index contributed by atoms with van der Waals surface area (Å²) in [4.78, 5) is 35.0. The number of piperidine rings is 1. The van der Waals surface area contributed by atoms with Crippen LogP contribution in [0.1, 0.15) is 51.9 Å². The Hall–Kier alpha value is -4.19. The summed E-state index contributed by atoms with van der Waals surface area (Å²) >= 11 is 0. The highest BCUT2D eigenvalue weighted by molar-refractivity contribution is 6.04. The Balaban J connectivity index is 1.53. The predicted molar refractivity (Wildman–Crippen MR) is 151 cm³/mol. The second-order valence-electron chi connectivity index (χ2n) is 10.8. The predicted octanol–water partition coefficient (Wildman–Crippen LogP) is 5.02. The number of amides is 2. The van der Waals surface area contributed by atoms with E-state index in [9.17, 15) is 18.4 Å². The molecule has 2 amide bonds. The van der Waals surface area contributed by atoms with Gasteiger partial charge in [0.15, 0.2) is 0 Å². The SMILES string of the molecule is COc1cc(F)c([C@@H]2CN(c3cc(C)cc(C4CCNCC4)n3)C(=O)[C@H]2N(C)C(=O)c2ccc(OC(F)F)cc2)c(F)c1. The highest BCUT2D eigenvalue weighted by Gasteiger charge is 2.48. The molecule has 3 heterocycles. The van der Waals surface area contributed by atoms with Gasteiger partial charge < -0.3 is 19.7 Å². The first-order valence-corrected chi connectivity index (χ1v) is 13.9. The molecule has 0 aliphatic carbocycles. The molecule has 0 unspecified atom stereocenters. The lowest BCUT2D eigenvalue weighted by atomic mass is 9.91. The maximum Gasteiger partial charge on any atom is 0.387 e. The van der Waals surface area contributed by atoms with E-state index in [-0.39, 0.29) is 35.1 Å². The number of ether oxygens (including phenoxy) is 2. The molecule has 0 bridgehead atoms. The first kappa shape index (κ1) is 30.3. The highest BCUT2D eigenvalue weighted by Crippen LogP contribution is 2.39. The lowest BCUT2D eigenvalue weighted by Crippen LogP contribution is -2.45. The van der Waals surface area contributed by atoms with E-state index in [2.05, 4.69) is 10.1 Å². The number of likely N-dealkylation sites (N-methyl/N-ethyl adjacent to an activating group) is 1. The molecule has 0 radical (unpaired) electrons. The number of hydrogen-bond acceptors (Lipinski definition) is 6. The molecule has 2 aliphatic heterocycles. The normalized spacial score (nSPS) is 19.2. The van der Waals surface area contributed by atoms with Crippen LogP contribution in [0.4, 0.5) is 23.4 Å². The number of rotatable bonds is 8. The van der Waals surface area contributed by atoms with Crippen molar-refractivity contribution in [3.8, 4) is 11.5 Å². The van der Waals surface area contributed by atoms with Crippen molar-refractivity contribution in [2.45, 2.75) is 44.3 Å². The third kappa shape index (κ3) is 6.29. The molecule has 2 saturated heterocycles. The van der Waals surface area contributed by atoms with Gasteiger partial charge in [-0.3, -0.25) is 14.5 Å². The summed E-state index contributed by atoms with van der Waals surface area (Å²) < 4.78 is 65.4. The van der Waals surface area contributed by atoms with Gasteiger partial charge in [-0.15, -0.1) is 0 Å². The first-order chi connectivity index (χ1) is 20.6. The third-order valence-corrected chi connectivity index (χ3v) is 8.01. The Kier molecular flexibility index (Phi) is 8.86. The third-order valence-electron chi connectivity index (χ3n) is 8.01. The van der Waals surface area contributed by atoms with Crippen LogP contribution >= 0.6 is 0 Å². The number of carbonyl (C=O) groups is 2. The largest absolute Gasteiger partial charge is 0.497 e. The van der Waals surface area contributed by atoms with Gasteiger partial charge in [0.1, 0.15) is 35.0 Å². The van der Waals surface area contributed by atoms with Gasteiger partial charge in [-0.2, -0.15) is 8.78 Å². The number of alkyl halides is 2. The second kappa shape index (κ2) is 12.6. The van der Waals surface area contributed by atoms with Crippen LogP contribution in [0, 0.1) is 18.6 Å². The molecule has 2 fully saturated rings. The van der Waals surface area contributed by atoms with Crippen molar-refractivity contribution >= 4 is 17.6 Å². The first-order valence-electron chi connectivity index (χ1n) is 13.9. The molecule has 1 aromatic heterocycles. The molecule has 228 valence electrons. The fourth-order valence-corrected chi connectivity index (χ4v) is 5.89. The average molecular weight is 601 g/mol. The topological polar surface area (TPSA) is 84.0 Å². The summed E-state index contributed by atoms with van der Waals surface area (Å²) in [5.41, 5.74) is 1.44. The van der Waals surface area contributed by atoms with E-state index in [0.29, 0.717) is 5.82 Å². The fourth-order valence-electron chi connectivity index (χ4n) is 5.89. The molecule has 2 aromatic carbocycles. The zero-order chi connectivity index (χ0) is 30.8. The molecule has 5 rings (SSSR count). The fraction of sp³-hybridized carbons (Fsp3) is 0.387. The number of aryl methyl sites for hydroxylation is 1. The molecule has 1 N–H and O–H groups in total. The summed E-state index contributed by atoms with van der Waals surface area (Å²) in [7, 11) is 2.65. The second-order valence-corrected chi connectivity index (χ2v) is 10.8. The van der Waals surface area contributed by atoms with Crippen LogP contribution in [0.5, 0.6) is 11.5 Å². The van der Waals surface area contributed by atoms with E-state index in [0.717, 1.165) is 54.2 Å². The summed E-state index contributed by atoms with van der Waals surface area (Å²) in [6.45, 7) is 0.420. The molecule has 0 saturated carbocycles. The van der Waals surface area contributed by atoms with Crippen molar-refractivity contribution in [1.82, 2.24) is 15.2 Å². The van der Waals surface area contributed by atoms with Gasteiger partial charge in [0.05, 0.1) is 7.11 Å². The lowest BCUT2D eigenvalue weighted by Gasteiger charge is -2.28.